The average molecular weight is 423 g/mol. The Hall–Kier alpha value is -0.850. The predicted octanol–water partition coefficient (Wildman–Crippen LogP) is 3.37. The molecule has 0 saturated carbocycles. The van der Waals surface area contributed by atoms with E-state index < -0.39 is 0 Å². The number of likely N-dealkylation sites (tertiary alicyclic amines) is 2. The number of guanidine groups is 1. The molecule has 3 atom stereocenters. The van der Waals surface area contributed by atoms with Crippen LogP contribution in [0.4, 0.5) is 0 Å². The molecule has 3 saturated heterocycles. The Morgan fingerprint density at radius 1 is 1.10 bits per heavy atom. The molecule has 0 aliphatic carbocycles. The summed E-state index contributed by atoms with van der Waals surface area (Å²) in [6.07, 6.45) is 9.04. The van der Waals surface area contributed by atoms with Crippen LogP contribution in [0, 0.1) is 11.8 Å². The van der Waals surface area contributed by atoms with Gasteiger partial charge in [0.25, 0.3) is 0 Å². The summed E-state index contributed by atoms with van der Waals surface area (Å²) >= 11 is 0. The lowest BCUT2D eigenvalue weighted by Crippen LogP contribution is -2.47. The fourth-order valence-corrected chi connectivity index (χ4v) is 5.30. The highest BCUT2D eigenvalue weighted by atomic mass is 16.5. The van der Waals surface area contributed by atoms with E-state index in [0.717, 1.165) is 82.9 Å². The SMILES string of the molecule is CCNC(=NCCCN1CC(C)CC(C)C1)N1CCC(OCC2CCCCO2)CC1. The van der Waals surface area contributed by atoms with Gasteiger partial charge in [-0.2, -0.15) is 0 Å². The fourth-order valence-electron chi connectivity index (χ4n) is 5.30. The van der Waals surface area contributed by atoms with E-state index in [9.17, 15) is 0 Å². The normalized spacial score (nSPS) is 29.9. The molecule has 3 aliphatic rings. The Bertz CT molecular complexity index is 491. The molecule has 0 spiro atoms. The Morgan fingerprint density at radius 3 is 2.53 bits per heavy atom. The van der Waals surface area contributed by atoms with E-state index >= 15 is 0 Å². The van der Waals surface area contributed by atoms with Gasteiger partial charge in [-0.15, -0.1) is 0 Å². The minimum absolute atomic E-state index is 0.321. The Kier molecular flexibility index (Phi) is 10.2. The molecule has 0 aromatic carbocycles. The number of hydrogen-bond acceptors (Lipinski definition) is 4. The van der Waals surface area contributed by atoms with Crippen molar-refractivity contribution in [2.24, 2.45) is 16.8 Å². The van der Waals surface area contributed by atoms with E-state index in [4.69, 9.17) is 14.5 Å². The van der Waals surface area contributed by atoms with E-state index in [2.05, 4.69) is 35.9 Å². The Labute approximate surface area is 184 Å². The fraction of sp³-hybridized carbons (Fsp3) is 0.958. The highest BCUT2D eigenvalue weighted by Gasteiger charge is 2.24. The molecule has 174 valence electrons. The minimum atomic E-state index is 0.321. The molecule has 3 aliphatic heterocycles. The topological polar surface area (TPSA) is 49.3 Å². The van der Waals surface area contributed by atoms with Crippen LogP contribution in [0.1, 0.15) is 65.7 Å². The van der Waals surface area contributed by atoms with Crippen LogP contribution in [0.2, 0.25) is 0 Å². The van der Waals surface area contributed by atoms with Crippen molar-refractivity contribution in [1.29, 1.82) is 0 Å². The molecule has 3 heterocycles. The molecule has 0 aromatic heterocycles. The maximum atomic E-state index is 6.18. The van der Waals surface area contributed by atoms with Crippen LogP contribution in [0.3, 0.4) is 0 Å². The molecule has 6 heteroatoms. The van der Waals surface area contributed by atoms with Crippen LogP contribution in [-0.2, 0) is 9.47 Å². The van der Waals surface area contributed by atoms with Crippen LogP contribution in [0.5, 0.6) is 0 Å². The van der Waals surface area contributed by atoms with Gasteiger partial charge in [-0.05, 0) is 70.3 Å². The molecule has 3 unspecified atom stereocenters. The zero-order valence-corrected chi connectivity index (χ0v) is 19.8. The number of nitrogens with one attached hydrogen (secondary N) is 1. The van der Waals surface area contributed by atoms with Crippen molar-refractivity contribution in [1.82, 2.24) is 15.1 Å². The number of aliphatic imine (C=N–C) groups is 1. The van der Waals surface area contributed by atoms with Crippen molar-refractivity contribution < 1.29 is 9.47 Å². The lowest BCUT2D eigenvalue weighted by Gasteiger charge is -2.35. The molecule has 3 fully saturated rings. The zero-order valence-electron chi connectivity index (χ0n) is 19.8. The standard InChI is InChI=1S/C24H46N4O2/c1-4-25-24(26-11-7-12-27-17-20(2)16-21(3)18-27)28-13-9-22(10-14-28)30-19-23-8-5-6-15-29-23/h20-23H,4-19H2,1-3H3,(H,25,26). The second-order valence-corrected chi connectivity index (χ2v) is 9.80. The van der Waals surface area contributed by atoms with E-state index in [0.29, 0.717) is 12.2 Å². The molecule has 30 heavy (non-hydrogen) atoms. The molecule has 3 rings (SSSR count). The van der Waals surface area contributed by atoms with Crippen LogP contribution in [0.15, 0.2) is 4.99 Å². The van der Waals surface area contributed by atoms with Crippen LogP contribution >= 0.6 is 0 Å². The summed E-state index contributed by atoms with van der Waals surface area (Å²) in [5, 5.41) is 3.50. The molecule has 6 nitrogen and oxygen atoms in total. The third kappa shape index (κ3) is 8.01. The van der Waals surface area contributed by atoms with Gasteiger partial charge in [0, 0.05) is 45.9 Å². The van der Waals surface area contributed by atoms with Gasteiger partial charge in [0.2, 0.25) is 0 Å². The van der Waals surface area contributed by atoms with Crippen molar-refractivity contribution in [2.75, 3.05) is 59.0 Å². The number of piperidine rings is 2. The number of rotatable bonds is 8. The molecule has 0 radical (unpaired) electrons. The van der Waals surface area contributed by atoms with Gasteiger partial charge in [0.15, 0.2) is 5.96 Å². The maximum Gasteiger partial charge on any atom is 0.193 e. The van der Waals surface area contributed by atoms with Gasteiger partial charge in [-0.1, -0.05) is 13.8 Å². The number of nitrogens with zero attached hydrogens (tertiary/aromatic N) is 3. The first-order chi connectivity index (χ1) is 14.6. The van der Waals surface area contributed by atoms with E-state index in [1.165, 1.54) is 38.9 Å². The summed E-state index contributed by atoms with van der Waals surface area (Å²) in [6, 6.07) is 0. The number of ether oxygens (including phenoxy) is 2. The minimum Gasteiger partial charge on any atom is -0.376 e. The summed E-state index contributed by atoms with van der Waals surface area (Å²) < 4.78 is 12.0. The van der Waals surface area contributed by atoms with Crippen molar-refractivity contribution in [3.05, 3.63) is 0 Å². The van der Waals surface area contributed by atoms with Gasteiger partial charge in [0.1, 0.15) is 0 Å². The van der Waals surface area contributed by atoms with Crippen molar-refractivity contribution in [3.8, 4) is 0 Å². The number of hydrogen-bond donors (Lipinski definition) is 1. The summed E-state index contributed by atoms with van der Waals surface area (Å²) in [6.45, 7) is 16.2. The Balaban J connectivity index is 1.35. The third-order valence-corrected chi connectivity index (χ3v) is 6.71. The summed E-state index contributed by atoms with van der Waals surface area (Å²) in [7, 11) is 0. The van der Waals surface area contributed by atoms with Crippen molar-refractivity contribution in [3.63, 3.8) is 0 Å². The van der Waals surface area contributed by atoms with Crippen LogP contribution in [0.25, 0.3) is 0 Å². The lowest BCUT2D eigenvalue weighted by atomic mass is 9.92. The van der Waals surface area contributed by atoms with E-state index in [-0.39, 0.29) is 0 Å². The third-order valence-electron chi connectivity index (χ3n) is 6.71. The second kappa shape index (κ2) is 12.9. The largest absolute Gasteiger partial charge is 0.376 e. The predicted molar refractivity (Wildman–Crippen MR) is 124 cm³/mol. The van der Waals surface area contributed by atoms with Gasteiger partial charge >= 0.3 is 0 Å². The van der Waals surface area contributed by atoms with E-state index in [1.807, 2.05) is 0 Å². The second-order valence-electron chi connectivity index (χ2n) is 9.80. The quantitative estimate of drug-likeness (QED) is 0.369. The van der Waals surface area contributed by atoms with Crippen molar-refractivity contribution >= 4 is 5.96 Å². The van der Waals surface area contributed by atoms with E-state index in [1.54, 1.807) is 0 Å². The van der Waals surface area contributed by atoms with Gasteiger partial charge in [0.05, 0.1) is 18.8 Å². The lowest BCUT2D eigenvalue weighted by molar-refractivity contribution is -0.0721. The summed E-state index contributed by atoms with van der Waals surface area (Å²) in [5.74, 6) is 2.76. The average Bonchev–Trinajstić information content (AvgIpc) is 2.75. The first kappa shape index (κ1) is 23.8. The Morgan fingerprint density at radius 2 is 1.87 bits per heavy atom. The highest BCUT2D eigenvalue weighted by molar-refractivity contribution is 5.80. The molecular weight excluding hydrogens is 376 g/mol. The van der Waals surface area contributed by atoms with Gasteiger partial charge in [-0.3, -0.25) is 4.99 Å². The molecule has 1 N–H and O–H groups in total. The highest BCUT2D eigenvalue weighted by Crippen LogP contribution is 2.21. The first-order valence-electron chi connectivity index (χ1n) is 12.6. The smallest absolute Gasteiger partial charge is 0.193 e. The first-order valence-corrected chi connectivity index (χ1v) is 12.6. The summed E-state index contributed by atoms with van der Waals surface area (Å²) in [5.41, 5.74) is 0. The monoisotopic (exact) mass is 422 g/mol. The maximum absolute atomic E-state index is 6.18. The van der Waals surface area contributed by atoms with Crippen LogP contribution < -0.4 is 5.32 Å². The summed E-state index contributed by atoms with van der Waals surface area (Å²) in [4.78, 5) is 10.0. The van der Waals surface area contributed by atoms with Crippen LogP contribution in [-0.4, -0.2) is 87.0 Å². The van der Waals surface area contributed by atoms with Gasteiger partial charge in [-0.25, -0.2) is 0 Å². The molecular formula is C24H46N4O2. The van der Waals surface area contributed by atoms with Crippen molar-refractivity contribution in [2.45, 2.75) is 77.9 Å². The molecule has 0 amide bonds. The molecule has 0 bridgehead atoms. The van der Waals surface area contributed by atoms with Gasteiger partial charge < -0.3 is 24.6 Å². The zero-order chi connectivity index (χ0) is 21.2. The molecule has 0 aromatic rings.